The second-order valence-corrected chi connectivity index (χ2v) is 4.26. The minimum Gasteiger partial charge on any atom is -0.314 e. The van der Waals surface area contributed by atoms with Crippen molar-refractivity contribution in [2.24, 2.45) is 7.05 Å². The minimum absolute atomic E-state index is 0.553. The van der Waals surface area contributed by atoms with Crippen LogP contribution >= 0.6 is 11.6 Å². The summed E-state index contributed by atoms with van der Waals surface area (Å²) in [5.41, 5.74) is 1.27. The molecule has 0 fully saturated rings. The molecule has 86 valence electrons. The third-order valence-corrected chi connectivity index (χ3v) is 2.83. The molecule has 1 unspecified atom stereocenters. The van der Waals surface area contributed by atoms with Crippen LogP contribution in [0, 0.1) is 0 Å². The van der Waals surface area contributed by atoms with Gasteiger partial charge in [0.05, 0.1) is 0 Å². The zero-order valence-electron chi connectivity index (χ0n) is 9.54. The van der Waals surface area contributed by atoms with E-state index in [0.29, 0.717) is 6.04 Å². The standard InChI is InChI=1S/C11H20ClN3/c1-10(4-3-7-12)13-8-5-11-6-9-14-15(11)2/h6,9-10,13H,3-5,7-8H2,1-2H3. The zero-order valence-corrected chi connectivity index (χ0v) is 10.3. The molecule has 15 heavy (non-hydrogen) atoms. The Hall–Kier alpha value is -0.540. The lowest BCUT2D eigenvalue weighted by Gasteiger charge is -2.12. The third-order valence-electron chi connectivity index (χ3n) is 2.57. The molecule has 1 rings (SSSR count). The lowest BCUT2D eigenvalue weighted by Crippen LogP contribution is -2.28. The van der Waals surface area contributed by atoms with Crippen LogP contribution in [0.3, 0.4) is 0 Å². The molecule has 0 saturated heterocycles. The van der Waals surface area contributed by atoms with Gasteiger partial charge in [0.1, 0.15) is 0 Å². The number of hydrogen-bond donors (Lipinski definition) is 1. The summed E-state index contributed by atoms with van der Waals surface area (Å²) >= 11 is 5.64. The van der Waals surface area contributed by atoms with Gasteiger partial charge < -0.3 is 5.32 Å². The molecule has 1 aromatic heterocycles. The number of nitrogens with one attached hydrogen (secondary N) is 1. The van der Waals surface area contributed by atoms with E-state index in [4.69, 9.17) is 11.6 Å². The zero-order chi connectivity index (χ0) is 11.1. The highest BCUT2D eigenvalue weighted by molar-refractivity contribution is 6.17. The molecule has 1 atom stereocenters. The van der Waals surface area contributed by atoms with Gasteiger partial charge in [-0.25, -0.2) is 0 Å². The number of aryl methyl sites for hydroxylation is 1. The van der Waals surface area contributed by atoms with Gasteiger partial charge in [0, 0.05) is 43.8 Å². The van der Waals surface area contributed by atoms with E-state index in [-0.39, 0.29) is 0 Å². The fraction of sp³-hybridized carbons (Fsp3) is 0.727. The van der Waals surface area contributed by atoms with Crippen LogP contribution in [0.1, 0.15) is 25.5 Å². The third kappa shape index (κ3) is 4.67. The van der Waals surface area contributed by atoms with Crippen molar-refractivity contribution >= 4 is 11.6 Å². The number of aromatic nitrogens is 2. The van der Waals surface area contributed by atoms with Crippen molar-refractivity contribution in [2.45, 2.75) is 32.2 Å². The van der Waals surface area contributed by atoms with Crippen molar-refractivity contribution in [1.29, 1.82) is 0 Å². The van der Waals surface area contributed by atoms with Crippen LogP contribution in [0.2, 0.25) is 0 Å². The Kier molecular flexibility index (Phi) is 5.73. The molecule has 4 heteroatoms. The number of nitrogens with zero attached hydrogens (tertiary/aromatic N) is 2. The minimum atomic E-state index is 0.553. The highest BCUT2D eigenvalue weighted by atomic mass is 35.5. The van der Waals surface area contributed by atoms with Crippen molar-refractivity contribution in [1.82, 2.24) is 15.1 Å². The van der Waals surface area contributed by atoms with E-state index >= 15 is 0 Å². The van der Waals surface area contributed by atoms with E-state index in [0.717, 1.165) is 31.7 Å². The van der Waals surface area contributed by atoms with Crippen LogP contribution in [-0.2, 0) is 13.5 Å². The molecule has 0 saturated carbocycles. The predicted molar refractivity (Wildman–Crippen MR) is 64.3 cm³/mol. The maximum Gasteiger partial charge on any atom is 0.0492 e. The van der Waals surface area contributed by atoms with Gasteiger partial charge >= 0.3 is 0 Å². The molecule has 0 bridgehead atoms. The normalized spacial score (nSPS) is 13.0. The predicted octanol–water partition coefficient (Wildman–Crippen LogP) is 1.96. The van der Waals surface area contributed by atoms with E-state index in [1.54, 1.807) is 0 Å². The largest absolute Gasteiger partial charge is 0.314 e. The molecule has 1 N–H and O–H groups in total. The van der Waals surface area contributed by atoms with Crippen LogP contribution in [0.15, 0.2) is 12.3 Å². The van der Waals surface area contributed by atoms with Gasteiger partial charge in [0.25, 0.3) is 0 Å². The van der Waals surface area contributed by atoms with E-state index in [9.17, 15) is 0 Å². The lowest BCUT2D eigenvalue weighted by atomic mass is 10.2. The molecule has 0 aromatic carbocycles. The Balaban J connectivity index is 2.13. The molecule has 0 amide bonds. The molecular formula is C11H20ClN3. The van der Waals surface area contributed by atoms with Crippen LogP contribution < -0.4 is 5.32 Å². The van der Waals surface area contributed by atoms with Crippen LogP contribution in [-0.4, -0.2) is 28.2 Å². The van der Waals surface area contributed by atoms with Gasteiger partial charge in [0.2, 0.25) is 0 Å². The van der Waals surface area contributed by atoms with Gasteiger partial charge in [-0.05, 0) is 25.8 Å². The van der Waals surface area contributed by atoms with Crippen molar-refractivity contribution in [3.8, 4) is 0 Å². The number of rotatable bonds is 7. The summed E-state index contributed by atoms with van der Waals surface area (Å²) in [6, 6.07) is 2.61. The van der Waals surface area contributed by atoms with E-state index in [1.807, 2.05) is 17.9 Å². The molecule has 1 aromatic rings. The smallest absolute Gasteiger partial charge is 0.0492 e. The van der Waals surface area contributed by atoms with Gasteiger partial charge in [-0.1, -0.05) is 0 Å². The molecule has 0 aliphatic carbocycles. The summed E-state index contributed by atoms with van der Waals surface area (Å²) in [4.78, 5) is 0. The SMILES string of the molecule is CC(CCCCl)NCCc1ccnn1C. The highest BCUT2D eigenvalue weighted by Gasteiger charge is 2.02. The summed E-state index contributed by atoms with van der Waals surface area (Å²) < 4.78 is 1.92. The van der Waals surface area contributed by atoms with E-state index in [1.165, 1.54) is 5.69 Å². The Bertz CT molecular complexity index is 273. The van der Waals surface area contributed by atoms with Crippen LogP contribution in [0.25, 0.3) is 0 Å². The highest BCUT2D eigenvalue weighted by Crippen LogP contribution is 2.00. The Morgan fingerprint density at radius 1 is 1.60 bits per heavy atom. The van der Waals surface area contributed by atoms with Crippen LogP contribution in [0.5, 0.6) is 0 Å². The second-order valence-electron chi connectivity index (χ2n) is 3.88. The van der Waals surface area contributed by atoms with Crippen molar-refractivity contribution < 1.29 is 0 Å². The number of hydrogen-bond acceptors (Lipinski definition) is 2. The molecule has 0 aliphatic rings. The first-order valence-corrected chi connectivity index (χ1v) is 6.03. The summed E-state index contributed by atoms with van der Waals surface area (Å²) in [7, 11) is 1.98. The molecule has 1 heterocycles. The summed E-state index contributed by atoms with van der Waals surface area (Å²) in [6.45, 7) is 3.21. The van der Waals surface area contributed by atoms with E-state index in [2.05, 4.69) is 23.4 Å². The second kappa shape index (κ2) is 6.85. The van der Waals surface area contributed by atoms with Gasteiger partial charge in [-0.15, -0.1) is 11.6 Å². The fourth-order valence-corrected chi connectivity index (χ4v) is 1.73. The topological polar surface area (TPSA) is 29.9 Å². The molecule has 0 aliphatic heterocycles. The van der Waals surface area contributed by atoms with Crippen molar-refractivity contribution in [3.63, 3.8) is 0 Å². The Morgan fingerprint density at radius 3 is 3.00 bits per heavy atom. The number of halogens is 1. The first-order valence-electron chi connectivity index (χ1n) is 5.50. The van der Waals surface area contributed by atoms with Gasteiger partial charge in [0.15, 0.2) is 0 Å². The van der Waals surface area contributed by atoms with Crippen molar-refractivity contribution in [2.75, 3.05) is 12.4 Å². The lowest BCUT2D eigenvalue weighted by molar-refractivity contribution is 0.507. The number of alkyl halides is 1. The first-order chi connectivity index (χ1) is 7.24. The molecular weight excluding hydrogens is 210 g/mol. The summed E-state index contributed by atoms with van der Waals surface area (Å²) in [5.74, 6) is 0.758. The molecule has 0 radical (unpaired) electrons. The maximum atomic E-state index is 5.64. The monoisotopic (exact) mass is 229 g/mol. The van der Waals surface area contributed by atoms with Crippen LogP contribution in [0.4, 0.5) is 0 Å². The summed E-state index contributed by atoms with van der Waals surface area (Å²) in [6.07, 6.45) is 5.10. The Labute approximate surface area is 96.8 Å². The molecule has 0 spiro atoms. The maximum absolute atomic E-state index is 5.64. The van der Waals surface area contributed by atoms with Crippen molar-refractivity contribution in [3.05, 3.63) is 18.0 Å². The van der Waals surface area contributed by atoms with E-state index < -0.39 is 0 Å². The first kappa shape index (κ1) is 12.5. The average molecular weight is 230 g/mol. The summed E-state index contributed by atoms with van der Waals surface area (Å²) in [5, 5.41) is 7.62. The van der Waals surface area contributed by atoms with Gasteiger partial charge in [-0.2, -0.15) is 5.10 Å². The quantitative estimate of drug-likeness (QED) is 0.725. The fourth-order valence-electron chi connectivity index (χ4n) is 1.58. The molecule has 3 nitrogen and oxygen atoms in total. The van der Waals surface area contributed by atoms with Gasteiger partial charge in [-0.3, -0.25) is 4.68 Å². The Morgan fingerprint density at radius 2 is 2.40 bits per heavy atom. The average Bonchev–Trinajstić information content (AvgIpc) is 2.61.